The van der Waals surface area contributed by atoms with Crippen LogP contribution in [0.3, 0.4) is 0 Å². The molecule has 2 amide bonds. The van der Waals surface area contributed by atoms with E-state index in [4.69, 9.17) is 0 Å². The highest BCUT2D eigenvalue weighted by atomic mass is 32.2. The Bertz CT molecular complexity index is 1210. The molecule has 0 spiro atoms. The Hall–Kier alpha value is -3.91. The molecule has 3 aromatic carbocycles. The van der Waals surface area contributed by atoms with Crippen LogP contribution in [0.25, 0.3) is 0 Å². The molecule has 0 saturated carbocycles. The zero-order valence-corrected chi connectivity index (χ0v) is 18.8. The average Bonchev–Trinajstić information content (AvgIpc) is 2.79. The number of carbonyl (C=O) groups excluding carboxylic acids is 3. The van der Waals surface area contributed by atoms with Crippen molar-refractivity contribution in [2.24, 2.45) is 0 Å². The van der Waals surface area contributed by atoms with Gasteiger partial charge in [-0.15, -0.1) is 11.8 Å². The van der Waals surface area contributed by atoms with Gasteiger partial charge in [-0.25, -0.2) is 4.79 Å². The van der Waals surface area contributed by atoms with E-state index in [0.29, 0.717) is 16.9 Å². The second-order valence-corrected chi connectivity index (χ2v) is 8.63. The summed E-state index contributed by atoms with van der Waals surface area (Å²) in [5.74, 6) is -1.97. The summed E-state index contributed by atoms with van der Waals surface area (Å²) in [7, 11) is 0. The first-order chi connectivity index (χ1) is 15.7. The number of ketones is 1. The van der Waals surface area contributed by atoms with Crippen LogP contribution in [0.4, 0.5) is 11.4 Å². The second-order valence-electron chi connectivity index (χ2n) is 7.22. The average molecular weight is 463 g/mol. The van der Waals surface area contributed by atoms with Gasteiger partial charge in [0.05, 0.1) is 16.4 Å². The van der Waals surface area contributed by atoms with Crippen molar-refractivity contribution in [3.63, 3.8) is 0 Å². The van der Waals surface area contributed by atoms with Crippen LogP contribution in [0.5, 0.6) is 0 Å². The molecule has 7 nitrogen and oxygen atoms in total. The molecule has 3 rings (SSSR count). The third-order valence-corrected chi connectivity index (χ3v) is 5.83. The summed E-state index contributed by atoms with van der Waals surface area (Å²) < 4.78 is 0. The molecule has 3 aromatic rings. The van der Waals surface area contributed by atoms with E-state index in [0.717, 1.165) is 4.90 Å². The highest BCUT2D eigenvalue weighted by Crippen LogP contribution is 2.27. The lowest BCUT2D eigenvalue weighted by molar-refractivity contribution is -0.115. The Kier molecular flexibility index (Phi) is 7.63. The first kappa shape index (κ1) is 23.7. The Morgan fingerprint density at radius 2 is 1.48 bits per heavy atom. The van der Waals surface area contributed by atoms with Gasteiger partial charge in [0, 0.05) is 21.8 Å². The van der Waals surface area contributed by atoms with Crippen LogP contribution in [0.2, 0.25) is 0 Å². The normalized spacial score (nSPS) is 11.3. The molecule has 0 bridgehead atoms. The number of Topliss-reactive ketones (excluding diaryl/α,β-unsaturated/α-hetero) is 1. The summed E-state index contributed by atoms with van der Waals surface area (Å²) in [4.78, 5) is 48.6. The van der Waals surface area contributed by atoms with Crippen LogP contribution in [0.15, 0.2) is 77.7 Å². The van der Waals surface area contributed by atoms with Gasteiger partial charge < -0.3 is 15.7 Å². The van der Waals surface area contributed by atoms with E-state index in [1.807, 2.05) is 6.07 Å². The zero-order valence-electron chi connectivity index (χ0n) is 18.0. The fraction of sp³-hybridized carbons (Fsp3) is 0.120. The number of carboxylic acid groups (broad SMARTS) is 1. The summed E-state index contributed by atoms with van der Waals surface area (Å²) in [6.07, 6.45) is 0. The number of carbonyl (C=O) groups is 4. The fourth-order valence-corrected chi connectivity index (χ4v) is 3.93. The van der Waals surface area contributed by atoms with E-state index in [1.165, 1.54) is 30.8 Å². The second kappa shape index (κ2) is 10.6. The molecule has 1 unspecified atom stereocenters. The van der Waals surface area contributed by atoms with Gasteiger partial charge in [0.25, 0.3) is 5.91 Å². The smallest absolute Gasteiger partial charge is 0.336 e. The first-order valence-electron chi connectivity index (χ1n) is 10.1. The summed E-state index contributed by atoms with van der Waals surface area (Å²) in [6.45, 7) is 3.24. The Morgan fingerprint density at radius 1 is 0.818 bits per heavy atom. The number of benzene rings is 3. The molecule has 168 valence electrons. The van der Waals surface area contributed by atoms with Gasteiger partial charge in [-0.3, -0.25) is 14.4 Å². The van der Waals surface area contributed by atoms with Gasteiger partial charge >= 0.3 is 5.97 Å². The first-order valence-corrected chi connectivity index (χ1v) is 10.9. The number of nitrogens with one attached hydrogen (secondary N) is 2. The van der Waals surface area contributed by atoms with Crippen LogP contribution in [-0.4, -0.2) is 33.9 Å². The molecule has 0 aliphatic heterocycles. The minimum atomic E-state index is -1.18. The number of anilines is 2. The van der Waals surface area contributed by atoms with Gasteiger partial charge in [0.15, 0.2) is 5.78 Å². The lowest BCUT2D eigenvalue weighted by Gasteiger charge is -2.13. The third-order valence-electron chi connectivity index (χ3n) is 4.74. The SMILES string of the molecule is CC(=O)c1ccc(NC(=O)C(C)Sc2cccc(NC(=O)c3ccccc3C(=O)O)c2)cc1. The molecule has 0 aliphatic rings. The number of carboxylic acids is 1. The number of amides is 2. The molecule has 1 atom stereocenters. The van der Waals surface area contributed by atoms with Crippen LogP contribution in [0, 0.1) is 0 Å². The molecule has 0 heterocycles. The van der Waals surface area contributed by atoms with E-state index >= 15 is 0 Å². The van der Waals surface area contributed by atoms with Gasteiger partial charge in [0.2, 0.25) is 5.91 Å². The zero-order chi connectivity index (χ0) is 24.0. The van der Waals surface area contributed by atoms with E-state index < -0.39 is 17.1 Å². The van der Waals surface area contributed by atoms with Crippen LogP contribution < -0.4 is 10.6 Å². The molecule has 0 aromatic heterocycles. The van der Waals surface area contributed by atoms with Crippen molar-refractivity contribution in [3.8, 4) is 0 Å². The van der Waals surface area contributed by atoms with Crippen LogP contribution >= 0.6 is 11.8 Å². The molecule has 0 aliphatic carbocycles. The van der Waals surface area contributed by atoms with Crippen LogP contribution in [-0.2, 0) is 4.79 Å². The molecule has 3 N–H and O–H groups in total. The maximum absolute atomic E-state index is 12.6. The van der Waals surface area contributed by atoms with Crippen molar-refractivity contribution in [1.82, 2.24) is 0 Å². The van der Waals surface area contributed by atoms with E-state index in [2.05, 4.69) is 10.6 Å². The van der Waals surface area contributed by atoms with E-state index in [1.54, 1.807) is 61.5 Å². The van der Waals surface area contributed by atoms with E-state index in [9.17, 15) is 24.3 Å². The maximum Gasteiger partial charge on any atom is 0.336 e. The number of thioether (sulfide) groups is 1. The number of hydrogen-bond donors (Lipinski definition) is 3. The van der Waals surface area contributed by atoms with Crippen molar-refractivity contribution in [2.45, 2.75) is 24.0 Å². The largest absolute Gasteiger partial charge is 0.478 e. The molecule has 8 heteroatoms. The van der Waals surface area contributed by atoms with Gasteiger partial charge in [-0.2, -0.15) is 0 Å². The summed E-state index contributed by atoms with van der Waals surface area (Å²) >= 11 is 1.31. The highest BCUT2D eigenvalue weighted by Gasteiger charge is 2.17. The minimum Gasteiger partial charge on any atom is -0.478 e. The summed E-state index contributed by atoms with van der Waals surface area (Å²) in [5, 5.41) is 14.4. The van der Waals surface area contributed by atoms with Crippen LogP contribution in [0.1, 0.15) is 44.9 Å². The number of hydrogen-bond acceptors (Lipinski definition) is 5. The predicted octanol–water partition coefficient (Wildman–Crippen LogP) is 4.96. The Balaban J connectivity index is 1.64. The van der Waals surface area contributed by atoms with E-state index in [-0.39, 0.29) is 22.8 Å². The van der Waals surface area contributed by atoms with Crippen molar-refractivity contribution in [2.75, 3.05) is 10.6 Å². The standard InChI is InChI=1S/C25H22N2O5S/c1-15(28)17-10-12-18(13-11-17)26-23(29)16(2)33-20-7-5-6-19(14-20)27-24(30)21-8-3-4-9-22(21)25(31)32/h3-14,16H,1-2H3,(H,26,29)(H,27,30)(H,31,32). The lowest BCUT2D eigenvalue weighted by atomic mass is 10.1. The molecule has 0 fully saturated rings. The molecule has 33 heavy (non-hydrogen) atoms. The highest BCUT2D eigenvalue weighted by molar-refractivity contribution is 8.00. The fourth-order valence-electron chi connectivity index (χ4n) is 3.00. The summed E-state index contributed by atoms with van der Waals surface area (Å²) in [5.41, 5.74) is 1.63. The van der Waals surface area contributed by atoms with Crippen molar-refractivity contribution >= 4 is 46.7 Å². The quantitative estimate of drug-likeness (QED) is 0.322. The maximum atomic E-state index is 12.6. The van der Waals surface area contributed by atoms with Gasteiger partial charge in [0.1, 0.15) is 0 Å². The van der Waals surface area contributed by atoms with Crippen molar-refractivity contribution in [1.29, 1.82) is 0 Å². The monoisotopic (exact) mass is 462 g/mol. The molecular formula is C25H22N2O5S. The Morgan fingerprint density at radius 3 is 2.12 bits per heavy atom. The topological polar surface area (TPSA) is 113 Å². The Labute approximate surface area is 195 Å². The lowest BCUT2D eigenvalue weighted by Crippen LogP contribution is -2.22. The van der Waals surface area contributed by atoms with Gasteiger partial charge in [-0.05, 0) is 68.4 Å². The predicted molar refractivity (Wildman–Crippen MR) is 128 cm³/mol. The third kappa shape index (κ3) is 6.30. The number of aromatic carboxylic acids is 1. The molecule has 0 saturated heterocycles. The van der Waals surface area contributed by atoms with Crippen molar-refractivity contribution < 1.29 is 24.3 Å². The number of rotatable bonds is 8. The van der Waals surface area contributed by atoms with Crippen molar-refractivity contribution in [3.05, 3.63) is 89.5 Å². The molecular weight excluding hydrogens is 440 g/mol. The minimum absolute atomic E-state index is 0.0461. The van der Waals surface area contributed by atoms with Gasteiger partial charge in [-0.1, -0.05) is 18.2 Å². The summed E-state index contributed by atoms with van der Waals surface area (Å²) in [6, 6.07) is 19.6. The molecule has 0 radical (unpaired) electrons.